The van der Waals surface area contributed by atoms with Crippen molar-refractivity contribution in [3.8, 4) is 11.3 Å². The van der Waals surface area contributed by atoms with Gasteiger partial charge in [-0.2, -0.15) is 36.5 Å². The van der Waals surface area contributed by atoms with Gasteiger partial charge in [-0.1, -0.05) is 28.9 Å². The van der Waals surface area contributed by atoms with Crippen LogP contribution in [-0.2, 0) is 27.2 Å². The molecule has 184 valence electrons. The van der Waals surface area contributed by atoms with Gasteiger partial charge in [0.15, 0.2) is 0 Å². The number of halogens is 5. The Kier molecular flexibility index (Phi) is 9.09. The molecule has 0 N–H and O–H groups in total. The minimum atomic E-state index is -4.33. The van der Waals surface area contributed by atoms with Crippen molar-refractivity contribution in [3.63, 3.8) is 0 Å². The SMILES string of the molecule is CN(C)c1ccnc(-c2[c-]cc(F)nc2F)c1.CN1C=NN(c2[c-]cc(C(F)(F)F)cc2)[CH-]1.[Pt]. The zero-order valence-electron chi connectivity index (χ0n) is 18.1. The molecule has 0 bridgehead atoms. The van der Waals surface area contributed by atoms with Gasteiger partial charge in [0.1, 0.15) is 11.9 Å². The molecule has 1 aromatic carbocycles. The molecule has 0 unspecified atom stereocenters. The Hall–Kier alpha value is -3.07. The summed E-state index contributed by atoms with van der Waals surface area (Å²) in [6.45, 7) is 1.64. The fourth-order valence-electron chi connectivity index (χ4n) is 2.62. The summed E-state index contributed by atoms with van der Waals surface area (Å²) >= 11 is 0. The van der Waals surface area contributed by atoms with Gasteiger partial charge in [0, 0.05) is 47.0 Å². The molecule has 12 heteroatoms. The summed E-state index contributed by atoms with van der Waals surface area (Å²) < 4.78 is 62.9. The molecule has 0 aliphatic carbocycles. The topological polar surface area (TPSA) is 47.9 Å². The molecule has 4 rings (SSSR count). The number of nitrogens with zero attached hydrogens (tertiary/aromatic N) is 6. The zero-order chi connectivity index (χ0) is 24.2. The fourth-order valence-corrected chi connectivity index (χ4v) is 2.62. The van der Waals surface area contributed by atoms with Gasteiger partial charge in [0.2, 0.25) is 0 Å². The van der Waals surface area contributed by atoms with Crippen LogP contribution in [0, 0.1) is 30.7 Å². The second-order valence-electron chi connectivity index (χ2n) is 7.00. The predicted octanol–water partition coefficient (Wildman–Crippen LogP) is 4.61. The first-order valence-electron chi connectivity index (χ1n) is 9.41. The molecule has 3 heterocycles. The van der Waals surface area contributed by atoms with E-state index in [1.165, 1.54) is 11.1 Å². The van der Waals surface area contributed by atoms with Crippen LogP contribution in [0.4, 0.5) is 33.3 Å². The molecule has 0 fully saturated rings. The van der Waals surface area contributed by atoms with E-state index in [0.29, 0.717) is 11.4 Å². The molecule has 0 spiro atoms. The van der Waals surface area contributed by atoms with Crippen molar-refractivity contribution in [1.82, 2.24) is 14.9 Å². The van der Waals surface area contributed by atoms with Crippen molar-refractivity contribution >= 4 is 17.7 Å². The Balaban J connectivity index is 0.000000234. The molecule has 6 nitrogen and oxygen atoms in total. The molecule has 0 radical (unpaired) electrons. The van der Waals surface area contributed by atoms with Crippen LogP contribution in [0.25, 0.3) is 11.3 Å². The first-order chi connectivity index (χ1) is 15.5. The third-order valence-corrected chi connectivity index (χ3v) is 4.28. The van der Waals surface area contributed by atoms with Crippen LogP contribution in [-0.4, -0.2) is 42.3 Å². The number of hydrazone groups is 1. The monoisotopic (exact) mass is 656 g/mol. The molecule has 0 saturated carbocycles. The smallest absolute Gasteiger partial charge is 0.370 e. The molecule has 3 aromatic rings. The van der Waals surface area contributed by atoms with Crippen LogP contribution in [0.1, 0.15) is 5.56 Å². The molecule has 0 amide bonds. The number of rotatable bonds is 3. The molecular formula is C22H18F5N6Pt-3. The molecule has 1 aliphatic rings. The van der Waals surface area contributed by atoms with E-state index in [2.05, 4.69) is 27.2 Å². The number of hydrogen-bond donors (Lipinski definition) is 0. The first kappa shape index (κ1) is 27.2. The molecule has 0 saturated heterocycles. The van der Waals surface area contributed by atoms with Gasteiger partial charge >= 0.3 is 6.18 Å². The van der Waals surface area contributed by atoms with Crippen molar-refractivity contribution in [1.29, 1.82) is 0 Å². The van der Waals surface area contributed by atoms with E-state index in [1.807, 2.05) is 19.0 Å². The van der Waals surface area contributed by atoms with Crippen LogP contribution < -0.4 is 9.91 Å². The van der Waals surface area contributed by atoms with Crippen LogP contribution >= 0.6 is 0 Å². The largest absolute Gasteiger partial charge is 0.493 e. The summed E-state index contributed by atoms with van der Waals surface area (Å²) in [7, 11) is 5.50. The van der Waals surface area contributed by atoms with E-state index >= 15 is 0 Å². The summed E-state index contributed by atoms with van der Waals surface area (Å²) in [4.78, 5) is 10.7. The Morgan fingerprint density at radius 3 is 2.32 bits per heavy atom. The summed E-state index contributed by atoms with van der Waals surface area (Å²) in [5.41, 5.74) is 1.06. The molecule has 1 aliphatic heterocycles. The number of alkyl halides is 3. The Morgan fingerprint density at radius 2 is 1.79 bits per heavy atom. The maximum absolute atomic E-state index is 13.4. The fraction of sp³-hybridized carbons (Fsp3) is 0.182. The molecule has 0 atom stereocenters. The zero-order valence-corrected chi connectivity index (χ0v) is 20.4. The summed E-state index contributed by atoms with van der Waals surface area (Å²) in [5, 5.41) is 5.39. The summed E-state index contributed by atoms with van der Waals surface area (Å²) in [6.07, 6.45) is -1.23. The third kappa shape index (κ3) is 6.96. The maximum Gasteiger partial charge on any atom is 0.370 e. The van der Waals surface area contributed by atoms with Gasteiger partial charge in [-0.05, 0) is 18.8 Å². The Bertz CT molecular complexity index is 1120. The number of pyridine rings is 2. The van der Waals surface area contributed by atoms with Crippen molar-refractivity contribution in [2.24, 2.45) is 5.10 Å². The van der Waals surface area contributed by atoms with E-state index in [0.717, 1.165) is 23.9 Å². The Morgan fingerprint density at radius 1 is 1.06 bits per heavy atom. The van der Waals surface area contributed by atoms with Gasteiger partial charge in [-0.25, -0.2) is 8.78 Å². The van der Waals surface area contributed by atoms with E-state index < -0.39 is 23.6 Å². The van der Waals surface area contributed by atoms with Gasteiger partial charge in [-0.3, -0.25) is 4.98 Å². The second kappa shape index (κ2) is 11.4. The summed E-state index contributed by atoms with van der Waals surface area (Å²) in [5.74, 6) is -1.80. The second-order valence-corrected chi connectivity index (χ2v) is 7.00. The van der Waals surface area contributed by atoms with E-state index in [-0.39, 0.29) is 26.6 Å². The number of aromatic nitrogens is 2. The average molecular weight is 656 g/mol. The number of benzene rings is 1. The van der Waals surface area contributed by atoms with Crippen molar-refractivity contribution in [3.05, 3.63) is 78.9 Å². The molecule has 2 aromatic heterocycles. The van der Waals surface area contributed by atoms with E-state index in [4.69, 9.17) is 0 Å². The van der Waals surface area contributed by atoms with Crippen LogP contribution in [0.2, 0.25) is 0 Å². The van der Waals surface area contributed by atoms with E-state index in [1.54, 1.807) is 43.3 Å². The van der Waals surface area contributed by atoms with Crippen molar-refractivity contribution < 1.29 is 43.0 Å². The van der Waals surface area contributed by atoms with Crippen LogP contribution in [0.3, 0.4) is 0 Å². The van der Waals surface area contributed by atoms with Gasteiger partial charge in [-0.15, -0.1) is 18.8 Å². The maximum atomic E-state index is 13.4. The minimum Gasteiger partial charge on any atom is -0.493 e. The van der Waals surface area contributed by atoms with Gasteiger partial charge in [0.05, 0.1) is 6.34 Å². The predicted molar refractivity (Wildman–Crippen MR) is 114 cm³/mol. The van der Waals surface area contributed by atoms with Crippen LogP contribution in [0.15, 0.2) is 47.7 Å². The van der Waals surface area contributed by atoms with Gasteiger partial charge < -0.3 is 19.8 Å². The summed E-state index contributed by atoms with van der Waals surface area (Å²) in [6, 6.07) is 12.8. The van der Waals surface area contributed by atoms with Crippen LogP contribution in [0.5, 0.6) is 0 Å². The Labute approximate surface area is 208 Å². The molecular weight excluding hydrogens is 638 g/mol. The number of hydrogen-bond acceptors (Lipinski definition) is 6. The molecule has 34 heavy (non-hydrogen) atoms. The number of anilines is 2. The quantitative estimate of drug-likeness (QED) is 0.235. The third-order valence-electron chi connectivity index (χ3n) is 4.28. The van der Waals surface area contributed by atoms with Gasteiger partial charge in [0.25, 0.3) is 0 Å². The van der Waals surface area contributed by atoms with Crippen molar-refractivity contribution in [2.45, 2.75) is 6.18 Å². The van der Waals surface area contributed by atoms with E-state index in [9.17, 15) is 22.0 Å². The minimum absolute atomic E-state index is 0. The standard InChI is InChI=1S/C12H10F2N3.C10H8F3N3.Pt/c1-17(2)8-5-6-15-10(7-8)9-3-4-11(13)16-12(9)14;1-15-6-14-16(7-15)9-4-2-8(3-5-9)10(11,12)13;/h4-7H,1-2H3;2-4,6-7H,1H3;/q-1;-2;. The first-order valence-corrected chi connectivity index (χ1v) is 9.41. The van der Waals surface area contributed by atoms with Crippen molar-refractivity contribution in [2.75, 3.05) is 31.1 Å². The normalized spacial score (nSPS) is 12.7. The average Bonchev–Trinajstić information content (AvgIpc) is 3.20.